The maximum atomic E-state index is 12.0. The first-order valence-electron chi connectivity index (χ1n) is 5.92. The number of hydrogen-bond donors (Lipinski definition) is 0. The predicted molar refractivity (Wildman–Crippen MR) is 75.9 cm³/mol. The third kappa shape index (κ3) is 2.44. The lowest BCUT2D eigenvalue weighted by Crippen LogP contribution is -2.06. The van der Waals surface area contributed by atoms with Gasteiger partial charge in [-0.3, -0.25) is 9.59 Å². The van der Waals surface area contributed by atoms with E-state index in [9.17, 15) is 9.59 Å². The first kappa shape index (κ1) is 12.9. The third-order valence-corrected chi connectivity index (χ3v) is 3.36. The highest BCUT2D eigenvalue weighted by atomic mass is 79.9. The van der Waals surface area contributed by atoms with E-state index in [1.54, 1.807) is 18.2 Å². The van der Waals surface area contributed by atoms with E-state index in [-0.39, 0.29) is 29.5 Å². The fourth-order valence-electron chi connectivity index (χ4n) is 1.91. The summed E-state index contributed by atoms with van der Waals surface area (Å²) >= 11 is 3.35. The van der Waals surface area contributed by atoms with Crippen molar-refractivity contribution in [2.75, 3.05) is 0 Å². The van der Waals surface area contributed by atoms with Gasteiger partial charge in [-0.05, 0) is 36.4 Å². The molecule has 4 nitrogen and oxygen atoms in total. The van der Waals surface area contributed by atoms with Crippen LogP contribution < -0.4 is 0 Å². The van der Waals surface area contributed by atoms with E-state index in [2.05, 4.69) is 15.9 Å². The highest BCUT2D eigenvalue weighted by Crippen LogP contribution is 2.24. The number of rotatable bonds is 4. The van der Waals surface area contributed by atoms with Crippen LogP contribution in [0.15, 0.2) is 56.0 Å². The van der Waals surface area contributed by atoms with Crippen LogP contribution in [-0.4, -0.2) is 11.6 Å². The average molecular weight is 333 g/mol. The van der Waals surface area contributed by atoms with Crippen LogP contribution in [0.4, 0.5) is 0 Å². The van der Waals surface area contributed by atoms with Crippen molar-refractivity contribution in [3.8, 4) is 0 Å². The van der Waals surface area contributed by atoms with Crippen LogP contribution in [0.1, 0.15) is 27.5 Å². The number of halogens is 1. The summed E-state index contributed by atoms with van der Waals surface area (Å²) in [6.45, 7) is 0. The van der Waals surface area contributed by atoms with Gasteiger partial charge in [-0.1, -0.05) is 15.9 Å². The van der Waals surface area contributed by atoms with E-state index in [0.29, 0.717) is 5.58 Å². The SMILES string of the molecule is O=C(CC(=O)c1cc2cc(Br)ccc2o1)c1ccco1. The van der Waals surface area contributed by atoms with E-state index in [1.165, 1.54) is 12.3 Å². The highest BCUT2D eigenvalue weighted by molar-refractivity contribution is 9.10. The zero-order valence-corrected chi connectivity index (χ0v) is 11.8. The molecule has 3 rings (SSSR count). The minimum absolute atomic E-state index is 0.178. The minimum Gasteiger partial charge on any atom is -0.461 e. The Morgan fingerprint density at radius 3 is 2.60 bits per heavy atom. The Balaban J connectivity index is 1.84. The van der Waals surface area contributed by atoms with Gasteiger partial charge in [-0.15, -0.1) is 0 Å². The largest absolute Gasteiger partial charge is 0.461 e. The number of ketones is 2. The molecule has 0 amide bonds. The number of hydrogen-bond acceptors (Lipinski definition) is 4. The number of carbonyl (C=O) groups is 2. The van der Waals surface area contributed by atoms with Crippen LogP contribution in [-0.2, 0) is 0 Å². The van der Waals surface area contributed by atoms with Gasteiger partial charge < -0.3 is 8.83 Å². The summed E-state index contributed by atoms with van der Waals surface area (Å²) in [4.78, 5) is 23.8. The third-order valence-electron chi connectivity index (χ3n) is 2.87. The first-order chi connectivity index (χ1) is 9.63. The summed E-state index contributed by atoms with van der Waals surface area (Å²) in [7, 11) is 0. The smallest absolute Gasteiger partial charge is 0.205 e. The Morgan fingerprint density at radius 2 is 1.85 bits per heavy atom. The van der Waals surface area contributed by atoms with E-state index >= 15 is 0 Å². The van der Waals surface area contributed by atoms with Crippen molar-refractivity contribution < 1.29 is 18.4 Å². The Bertz CT molecular complexity index is 783. The van der Waals surface area contributed by atoms with Gasteiger partial charge in [-0.25, -0.2) is 0 Å². The number of fused-ring (bicyclic) bond motifs is 1. The zero-order valence-electron chi connectivity index (χ0n) is 10.3. The monoisotopic (exact) mass is 332 g/mol. The molecule has 0 radical (unpaired) electrons. The van der Waals surface area contributed by atoms with Crippen molar-refractivity contribution in [2.45, 2.75) is 6.42 Å². The summed E-state index contributed by atoms with van der Waals surface area (Å²) in [5, 5.41) is 0.813. The van der Waals surface area contributed by atoms with Gasteiger partial charge >= 0.3 is 0 Å². The number of Topliss-reactive ketones (excluding diaryl/α,β-unsaturated/α-hetero) is 2. The minimum atomic E-state index is -0.362. The summed E-state index contributed by atoms with van der Waals surface area (Å²) in [6, 6.07) is 10.2. The molecule has 0 aliphatic heterocycles. The van der Waals surface area contributed by atoms with Crippen molar-refractivity contribution in [3.63, 3.8) is 0 Å². The number of furan rings is 2. The van der Waals surface area contributed by atoms with Crippen LogP contribution in [0, 0.1) is 0 Å². The van der Waals surface area contributed by atoms with Crippen LogP contribution >= 0.6 is 15.9 Å². The standard InChI is InChI=1S/C15H9BrO4/c16-10-3-4-13-9(6-10)7-15(20-13)12(18)8-11(17)14-2-1-5-19-14/h1-7H,8H2. The molecule has 2 aromatic heterocycles. The molecular weight excluding hydrogens is 324 g/mol. The van der Waals surface area contributed by atoms with Crippen molar-refractivity contribution in [1.82, 2.24) is 0 Å². The van der Waals surface area contributed by atoms with Crippen molar-refractivity contribution in [3.05, 3.63) is 58.7 Å². The topological polar surface area (TPSA) is 60.4 Å². The molecule has 0 saturated heterocycles. The molecule has 0 bridgehead atoms. The number of benzene rings is 1. The lowest BCUT2D eigenvalue weighted by atomic mass is 10.1. The number of carbonyl (C=O) groups excluding carboxylic acids is 2. The molecule has 1 aromatic carbocycles. The summed E-state index contributed by atoms with van der Waals surface area (Å²) in [5.74, 6) is -0.365. The Kier molecular flexibility index (Phi) is 3.28. The second-order valence-corrected chi connectivity index (χ2v) is 5.21. The molecule has 0 fully saturated rings. The van der Waals surface area contributed by atoms with Crippen molar-refractivity contribution in [1.29, 1.82) is 0 Å². The fourth-order valence-corrected chi connectivity index (χ4v) is 2.29. The van der Waals surface area contributed by atoms with Crippen molar-refractivity contribution in [2.24, 2.45) is 0 Å². The molecule has 3 aromatic rings. The van der Waals surface area contributed by atoms with Gasteiger partial charge in [0.25, 0.3) is 0 Å². The van der Waals surface area contributed by atoms with E-state index in [4.69, 9.17) is 8.83 Å². The van der Waals surface area contributed by atoms with Gasteiger partial charge in [-0.2, -0.15) is 0 Å². The normalized spacial score (nSPS) is 10.8. The van der Waals surface area contributed by atoms with E-state index < -0.39 is 0 Å². The highest BCUT2D eigenvalue weighted by Gasteiger charge is 2.19. The molecule has 0 spiro atoms. The lowest BCUT2D eigenvalue weighted by molar-refractivity contribution is 0.0864. The molecule has 20 heavy (non-hydrogen) atoms. The van der Waals surface area contributed by atoms with Crippen LogP contribution in [0.5, 0.6) is 0 Å². The molecule has 0 N–H and O–H groups in total. The Hall–Kier alpha value is -2.14. The average Bonchev–Trinajstić information content (AvgIpc) is 3.07. The van der Waals surface area contributed by atoms with Gasteiger partial charge in [0.15, 0.2) is 11.5 Å². The molecule has 0 aliphatic carbocycles. The zero-order chi connectivity index (χ0) is 14.1. The molecule has 0 aliphatic rings. The fraction of sp³-hybridized carbons (Fsp3) is 0.0667. The van der Waals surface area contributed by atoms with E-state index in [1.807, 2.05) is 12.1 Å². The van der Waals surface area contributed by atoms with Crippen LogP contribution in [0.3, 0.4) is 0 Å². The van der Waals surface area contributed by atoms with E-state index in [0.717, 1.165) is 9.86 Å². The molecule has 0 unspecified atom stereocenters. The second kappa shape index (κ2) is 5.09. The van der Waals surface area contributed by atoms with Gasteiger partial charge in [0.1, 0.15) is 5.58 Å². The Morgan fingerprint density at radius 1 is 1.05 bits per heavy atom. The lowest BCUT2D eigenvalue weighted by Gasteiger charge is -1.94. The summed E-state index contributed by atoms with van der Waals surface area (Å²) in [5.41, 5.74) is 0.613. The summed E-state index contributed by atoms with van der Waals surface area (Å²) in [6.07, 6.45) is 1.13. The second-order valence-electron chi connectivity index (χ2n) is 4.29. The van der Waals surface area contributed by atoms with Gasteiger partial charge in [0.2, 0.25) is 11.6 Å². The Labute approximate surface area is 122 Å². The molecule has 2 heterocycles. The molecule has 0 saturated carbocycles. The summed E-state index contributed by atoms with van der Waals surface area (Å²) < 4.78 is 11.3. The van der Waals surface area contributed by atoms with Crippen LogP contribution in [0.25, 0.3) is 11.0 Å². The van der Waals surface area contributed by atoms with Gasteiger partial charge in [0.05, 0.1) is 12.7 Å². The predicted octanol–water partition coefficient (Wildman–Crippen LogP) is 4.24. The van der Waals surface area contributed by atoms with Crippen molar-refractivity contribution >= 4 is 38.5 Å². The van der Waals surface area contributed by atoms with Crippen LogP contribution in [0.2, 0.25) is 0 Å². The first-order valence-corrected chi connectivity index (χ1v) is 6.72. The molecule has 100 valence electrons. The molecule has 0 atom stereocenters. The quantitative estimate of drug-likeness (QED) is 0.529. The molecule has 5 heteroatoms. The van der Waals surface area contributed by atoms with Gasteiger partial charge in [0, 0.05) is 9.86 Å². The maximum Gasteiger partial charge on any atom is 0.205 e. The maximum absolute atomic E-state index is 12.0. The molecular formula is C15H9BrO4.